The molecule has 1 aliphatic carbocycles. The van der Waals surface area contributed by atoms with Crippen molar-refractivity contribution in [2.75, 3.05) is 0 Å². The number of thiophene rings is 1. The average Bonchev–Trinajstić information content (AvgIpc) is 2.99. The number of rotatable bonds is 7. The van der Waals surface area contributed by atoms with E-state index in [1.165, 1.54) is 4.88 Å². The second-order valence-corrected chi connectivity index (χ2v) is 8.66. The molecule has 0 saturated heterocycles. The molecule has 2 aromatic rings. The lowest BCUT2D eigenvalue weighted by Gasteiger charge is -2.28. The van der Waals surface area contributed by atoms with E-state index in [1.54, 1.807) is 23.7 Å². The molecule has 1 unspecified atom stereocenters. The van der Waals surface area contributed by atoms with Crippen LogP contribution in [0.15, 0.2) is 45.1 Å². The normalized spacial score (nSPS) is 23.1. The maximum Gasteiger partial charge on any atom is 0.346 e. The maximum atomic E-state index is 12.7. The second kappa shape index (κ2) is 6.62. The van der Waals surface area contributed by atoms with E-state index in [4.69, 9.17) is 9.15 Å². The zero-order valence-electron chi connectivity index (χ0n) is 15.0. The van der Waals surface area contributed by atoms with E-state index >= 15 is 0 Å². The molecule has 4 nitrogen and oxygen atoms in total. The van der Waals surface area contributed by atoms with Crippen LogP contribution in [0.5, 0.6) is 5.75 Å². The number of hydrogen-bond donors (Lipinski definition) is 1. The van der Waals surface area contributed by atoms with Gasteiger partial charge in [0.2, 0.25) is 0 Å². The van der Waals surface area contributed by atoms with Gasteiger partial charge in [-0.2, -0.15) is 0 Å². The fourth-order valence-corrected chi connectivity index (χ4v) is 4.97. The van der Waals surface area contributed by atoms with Crippen LogP contribution in [0, 0.1) is 5.41 Å². The largest absolute Gasteiger partial charge is 0.507 e. The molecule has 1 fully saturated rings. The third-order valence-electron chi connectivity index (χ3n) is 5.56. The molecule has 138 valence electrons. The maximum absolute atomic E-state index is 12.7. The first-order valence-corrected chi connectivity index (χ1v) is 10.2. The van der Waals surface area contributed by atoms with Gasteiger partial charge in [0.05, 0.1) is 6.26 Å². The lowest BCUT2D eigenvalue weighted by Crippen LogP contribution is -2.31. The first kappa shape index (κ1) is 17.4. The van der Waals surface area contributed by atoms with Crippen molar-refractivity contribution in [2.45, 2.75) is 57.5 Å². The Labute approximate surface area is 157 Å². The Balaban J connectivity index is 1.59. The summed E-state index contributed by atoms with van der Waals surface area (Å²) >= 11 is 1.77. The molecule has 2 aromatic heterocycles. The third-order valence-corrected chi connectivity index (χ3v) is 6.44. The Hall–Kier alpha value is -2.01. The first-order chi connectivity index (χ1) is 12.6. The molecule has 1 N–H and O–H groups in total. The first-order valence-electron chi connectivity index (χ1n) is 9.28. The van der Waals surface area contributed by atoms with E-state index in [0.29, 0.717) is 25.0 Å². The van der Waals surface area contributed by atoms with Gasteiger partial charge in [-0.25, -0.2) is 4.79 Å². The highest BCUT2D eigenvalue weighted by atomic mass is 32.1. The van der Waals surface area contributed by atoms with Crippen LogP contribution >= 0.6 is 11.3 Å². The molecule has 1 aliphatic heterocycles. The van der Waals surface area contributed by atoms with Crippen molar-refractivity contribution in [3.8, 4) is 5.75 Å². The zero-order chi connectivity index (χ0) is 18.2. The van der Waals surface area contributed by atoms with E-state index in [2.05, 4.69) is 17.5 Å². The van der Waals surface area contributed by atoms with Crippen LogP contribution in [0.1, 0.15) is 55.2 Å². The highest BCUT2D eigenvalue weighted by Crippen LogP contribution is 2.52. The summed E-state index contributed by atoms with van der Waals surface area (Å²) in [4.78, 5) is 14.1. The molecule has 0 aromatic carbocycles. The van der Waals surface area contributed by atoms with Gasteiger partial charge in [-0.3, -0.25) is 0 Å². The number of hydrogen-bond acceptors (Lipinski definition) is 5. The lowest BCUT2D eigenvalue weighted by atomic mass is 9.87. The Bertz CT molecular complexity index is 851. The monoisotopic (exact) mass is 372 g/mol. The molecule has 1 saturated carbocycles. The summed E-state index contributed by atoms with van der Waals surface area (Å²) < 4.78 is 11.4. The fraction of sp³-hybridized carbons (Fsp3) is 0.476. The summed E-state index contributed by atoms with van der Waals surface area (Å²) in [7, 11) is 0. The van der Waals surface area contributed by atoms with Crippen molar-refractivity contribution in [2.24, 2.45) is 5.41 Å². The Kier molecular flexibility index (Phi) is 4.43. The number of ether oxygens (including phenoxy) is 1. The Morgan fingerprint density at radius 1 is 1.31 bits per heavy atom. The predicted molar refractivity (Wildman–Crippen MR) is 101 cm³/mol. The summed E-state index contributed by atoms with van der Waals surface area (Å²) in [6.45, 7) is 2.04. The summed E-state index contributed by atoms with van der Waals surface area (Å²) in [5.74, 6) is 0.572. The van der Waals surface area contributed by atoms with Crippen molar-refractivity contribution in [1.82, 2.24) is 0 Å². The van der Waals surface area contributed by atoms with Crippen LogP contribution in [-0.2, 0) is 23.2 Å². The van der Waals surface area contributed by atoms with Crippen molar-refractivity contribution < 1.29 is 14.3 Å². The van der Waals surface area contributed by atoms with E-state index in [9.17, 15) is 9.90 Å². The summed E-state index contributed by atoms with van der Waals surface area (Å²) in [6.07, 6.45) is 9.56. The van der Waals surface area contributed by atoms with Gasteiger partial charge in [0.15, 0.2) is 0 Å². The molecule has 26 heavy (non-hydrogen) atoms. The molecule has 0 spiro atoms. The minimum atomic E-state index is -0.786. The average molecular weight is 372 g/mol. The van der Waals surface area contributed by atoms with Gasteiger partial charge in [-0.1, -0.05) is 19.4 Å². The van der Waals surface area contributed by atoms with E-state index in [1.807, 2.05) is 13.0 Å². The van der Waals surface area contributed by atoms with E-state index < -0.39 is 11.2 Å². The molecule has 4 rings (SSSR count). The Morgan fingerprint density at radius 3 is 2.73 bits per heavy atom. The molecular formula is C21H24O4S. The van der Waals surface area contributed by atoms with Gasteiger partial charge in [-0.05, 0) is 48.6 Å². The lowest BCUT2D eigenvalue weighted by molar-refractivity contribution is 0.0257. The molecular weight excluding hydrogens is 348 g/mol. The van der Waals surface area contributed by atoms with Crippen molar-refractivity contribution in [3.05, 3.63) is 62.5 Å². The van der Waals surface area contributed by atoms with Gasteiger partial charge in [0.1, 0.15) is 22.7 Å². The summed E-state index contributed by atoms with van der Waals surface area (Å²) in [5.41, 5.74) is -0.826. The number of aromatic hydroxyl groups is 1. The van der Waals surface area contributed by atoms with Crippen LogP contribution < -0.4 is 5.63 Å². The van der Waals surface area contributed by atoms with E-state index in [-0.39, 0.29) is 16.7 Å². The highest BCUT2D eigenvalue weighted by Gasteiger charge is 2.45. The van der Waals surface area contributed by atoms with Crippen LogP contribution in [0.3, 0.4) is 0 Å². The molecule has 5 heteroatoms. The SMILES string of the molecule is CCCC1(c2c(O)cc(CC3(Cc4cccs4)CC3)oc2=O)CC=CO1. The van der Waals surface area contributed by atoms with Crippen LogP contribution in [-0.4, -0.2) is 5.11 Å². The van der Waals surface area contributed by atoms with Crippen molar-refractivity contribution >= 4 is 11.3 Å². The quantitative estimate of drug-likeness (QED) is 0.751. The second-order valence-electron chi connectivity index (χ2n) is 7.63. The molecule has 2 aliphatic rings. The van der Waals surface area contributed by atoms with Crippen LogP contribution in [0.4, 0.5) is 0 Å². The van der Waals surface area contributed by atoms with Crippen LogP contribution in [0.25, 0.3) is 0 Å². The van der Waals surface area contributed by atoms with Crippen molar-refractivity contribution in [1.29, 1.82) is 0 Å². The van der Waals surface area contributed by atoms with E-state index in [0.717, 1.165) is 25.7 Å². The summed E-state index contributed by atoms with van der Waals surface area (Å²) in [6, 6.07) is 5.85. The van der Waals surface area contributed by atoms with Gasteiger partial charge >= 0.3 is 5.63 Å². The molecule has 3 heterocycles. The standard InChI is InChI=1S/C21H24O4S/c1-2-6-21(7-4-10-24-21)18-17(22)12-15(25-19(18)23)13-20(8-9-20)14-16-5-3-11-26-16/h3-5,10-12,22H,2,6-9,13-14H2,1H3. The van der Waals surface area contributed by atoms with Gasteiger partial charge in [0, 0.05) is 23.8 Å². The summed E-state index contributed by atoms with van der Waals surface area (Å²) in [5, 5.41) is 12.7. The topological polar surface area (TPSA) is 59.7 Å². The van der Waals surface area contributed by atoms with Gasteiger partial charge in [0.25, 0.3) is 0 Å². The zero-order valence-corrected chi connectivity index (χ0v) is 15.8. The predicted octanol–water partition coefficient (Wildman–Crippen LogP) is 4.90. The fourth-order valence-electron chi connectivity index (χ4n) is 4.10. The van der Waals surface area contributed by atoms with Crippen LogP contribution in [0.2, 0.25) is 0 Å². The Morgan fingerprint density at radius 2 is 2.15 bits per heavy atom. The van der Waals surface area contributed by atoms with Gasteiger partial charge in [-0.15, -0.1) is 11.3 Å². The highest BCUT2D eigenvalue weighted by molar-refractivity contribution is 7.09. The van der Waals surface area contributed by atoms with Gasteiger partial charge < -0.3 is 14.3 Å². The smallest absolute Gasteiger partial charge is 0.346 e. The minimum Gasteiger partial charge on any atom is -0.507 e. The minimum absolute atomic E-state index is 0.000300. The molecule has 0 radical (unpaired) electrons. The molecule has 0 bridgehead atoms. The van der Waals surface area contributed by atoms with Crippen molar-refractivity contribution in [3.63, 3.8) is 0 Å². The molecule has 0 amide bonds. The third kappa shape index (κ3) is 3.20. The molecule has 1 atom stereocenters.